The number of nitrogens with zero attached hydrogens (tertiary/aromatic N) is 2. The zero-order valence-electron chi connectivity index (χ0n) is 11.7. The van der Waals surface area contributed by atoms with E-state index >= 15 is 0 Å². The zero-order chi connectivity index (χ0) is 14.5. The lowest BCUT2D eigenvalue weighted by atomic mass is 10.1. The normalized spacial score (nSPS) is 16.4. The molecular formula is C15H20BrClN2O. The molecule has 0 radical (unpaired) electrons. The van der Waals surface area contributed by atoms with Gasteiger partial charge in [-0.3, -0.25) is 9.69 Å². The summed E-state index contributed by atoms with van der Waals surface area (Å²) in [6.07, 6.45) is 1.58. The first-order valence-corrected chi connectivity index (χ1v) is 8.22. The minimum atomic E-state index is 0.184. The molecule has 0 atom stereocenters. The lowest BCUT2D eigenvalue weighted by Gasteiger charge is -2.34. The fourth-order valence-electron chi connectivity index (χ4n) is 2.50. The third-order valence-corrected chi connectivity index (χ3v) is 5.12. The monoisotopic (exact) mass is 358 g/mol. The summed E-state index contributed by atoms with van der Waals surface area (Å²) < 4.78 is 0.833. The van der Waals surface area contributed by atoms with Crippen LogP contribution in [0.5, 0.6) is 0 Å². The number of hydrogen-bond acceptors (Lipinski definition) is 2. The van der Waals surface area contributed by atoms with Gasteiger partial charge in [-0.05, 0) is 40.5 Å². The molecule has 5 heteroatoms. The van der Waals surface area contributed by atoms with Crippen LogP contribution >= 0.6 is 27.5 Å². The van der Waals surface area contributed by atoms with Crippen LogP contribution in [0.2, 0.25) is 5.02 Å². The van der Waals surface area contributed by atoms with Crippen LogP contribution in [0.25, 0.3) is 0 Å². The molecule has 1 aliphatic heterocycles. The van der Waals surface area contributed by atoms with Crippen molar-refractivity contribution in [3.8, 4) is 0 Å². The highest BCUT2D eigenvalue weighted by atomic mass is 79.9. The molecule has 0 aromatic heterocycles. The number of hydrogen-bond donors (Lipinski definition) is 0. The molecule has 20 heavy (non-hydrogen) atoms. The SMILES string of the molecule is CCCN1CCN(C(=O)Cc2cccc(Cl)c2Br)CC1. The molecule has 0 aliphatic carbocycles. The molecule has 1 aromatic rings. The molecule has 2 rings (SSSR count). The quantitative estimate of drug-likeness (QED) is 0.824. The van der Waals surface area contributed by atoms with E-state index in [0.717, 1.165) is 42.8 Å². The summed E-state index contributed by atoms with van der Waals surface area (Å²) in [5.41, 5.74) is 0.957. The number of rotatable bonds is 4. The van der Waals surface area contributed by atoms with Gasteiger partial charge in [-0.25, -0.2) is 0 Å². The molecule has 0 saturated carbocycles. The Kier molecular flexibility index (Phi) is 5.87. The summed E-state index contributed by atoms with van der Waals surface area (Å²) in [5, 5.41) is 0.656. The van der Waals surface area contributed by atoms with Crippen LogP contribution in [0.1, 0.15) is 18.9 Å². The highest BCUT2D eigenvalue weighted by molar-refractivity contribution is 9.10. The number of carbonyl (C=O) groups excluding carboxylic acids is 1. The second-order valence-corrected chi connectivity index (χ2v) is 6.31. The molecule has 1 aromatic carbocycles. The molecule has 1 aliphatic rings. The fraction of sp³-hybridized carbons (Fsp3) is 0.533. The van der Waals surface area contributed by atoms with Crippen LogP contribution in [-0.2, 0) is 11.2 Å². The molecule has 1 heterocycles. The van der Waals surface area contributed by atoms with Gasteiger partial charge in [0.25, 0.3) is 0 Å². The van der Waals surface area contributed by atoms with Gasteiger partial charge < -0.3 is 4.90 Å². The Morgan fingerprint density at radius 2 is 2.00 bits per heavy atom. The molecule has 1 saturated heterocycles. The van der Waals surface area contributed by atoms with Gasteiger partial charge in [0.2, 0.25) is 5.91 Å². The van der Waals surface area contributed by atoms with Crippen molar-refractivity contribution in [1.29, 1.82) is 0 Å². The Balaban J connectivity index is 1.91. The maximum absolute atomic E-state index is 12.3. The van der Waals surface area contributed by atoms with Crippen molar-refractivity contribution in [2.45, 2.75) is 19.8 Å². The summed E-state index contributed by atoms with van der Waals surface area (Å²) >= 11 is 9.51. The van der Waals surface area contributed by atoms with Crippen LogP contribution in [0.15, 0.2) is 22.7 Å². The highest BCUT2D eigenvalue weighted by Gasteiger charge is 2.21. The number of benzene rings is 1. The molecule has 0 unspecified atom stereocenters. The zero-order valence-corrected chi connectivity index (χ0v) is 14.1. The van der Waals surface area contributed by atoms with Crippen LogP contribution in [-0.4, -0.2) is 48.4 Å². The molecule has 3 nitrogen and oxygen atoms in total. The van der Waals surface area contributed by atoms with E-state index in [0.29, 0.717) is 11.4 Å². The minimum Gasteiger partial charge on any atom is -0.340 e. The van der Waals surface area contributed by atoms with Gasteiger partial charge in [0.15, 0.2) is 0 Å². The molecule has 1 fully saturated rings. The minimum absolute atomic E-state index is 0.184. The van der Waals surface area contributed by atoms with Gasteiger partial charge >= 0.3 is 0 Å². The van der Waals surface area contributed by atoms with E-state index in [1.54, 1.807) is 0 Å². The first-order valence-electron chi connectivity index (χ1n) is 7.05. The molecular weight excluding hydrogens is 340 g/mol. The molecule has 1 amide bonds. The lowest BCUT2D eigenvalue weighted by molar-refractivity contribution is -0.132. The van der Waals surface area contributed by atoms with E-state index < -0.39 is 0 Å². The van der Waals surface area contributed by atoms with Crippen LogP contribution in [0.3, 0.4) is 0 Å². The summed E-state index contributed by atoms with van der Waals surface area (Å²) in [4.78, 5) is 16.7. The Bertz CT molecular complexity index is 473. The number of amides is 1. The maximum Gasteiger partial charge on any atom is 0.227 e. The summed E-state index contributed by atoms with van der Waals surface area (Å²) in [6.45, 7) is 6.94. The predicted molar refractivity (Wildman–Crippen MR) is 86.2 cm³/mol. The van der Waals surface area contributed by atoms with E-state index in [4.69, 9.17) is 11.6 Å². The second-order valence-electron chi connectivity index (χ2n) is 5.11. The predicted octanol–water partition coefficient (Wildman–Crippen LogP) is 3.20. The first-order chi connectivity index (χ1) is 9.61. The molecule has 0 N–H and O–H groups in total. The smallest absolute Gasteiger partial charge is 0.227 e. The van der Waals surface area contributed by atoms with Crippen LogP contribution in [0.4, 0.5) is 0 Å². The van der Waals surface area contributed by atoms with Crippen molar-refractivity contribution in [1.82, 2.24) is 9.80 Å². The summed E-state index contributed by atoms with van der Waals surface area (Å²) in [6, 6.07) is 5.65. The van der Waals surface area contributed by atoms with E-state index in [1.807, 2.05) is 23.1 Å². The fourth-order valence-corrected chi connectivity index (χ4v) is 3.10. The average molecular weight is 360 g/mol. The Labute approximate surface area is 134 Å². The van der Waals surface area contributed by atoms with Gasteiger partial charge in [-0.15, -0.1) is 0 Å². The average Bonchev–Trinajstić information content (AvgIpc) is 2.45. The second kappa shape index (κ2) is 7.43. The van der Waals surface area contributed by atoms with Crippen molar-refractivity contribution >= 4 is 33.4 Å². The van der Waals surface area contributed by atoms with E-state index in [-0.39, 0.29) is 5.91 Å². The van der Waals surface area contributed by atoms with Crippen LogP contribution in [0, 0.1) is 0 Å². The largest absolute Gasteiger partial charge is 0.340 e. The van der Waals surface area contributed by atoms with Crippen LogP contribution < -0.4 is 0 Å². The maximum atomic E-state index is 12.3. The first kappa shape index (κ1) is 15.8. The number of piperazine rings is 1. The lowest BCUT2D eigenvalue weighted by Crippen LogP contribution is -2.49. The van der Waals surface area contributed by atoms with Gasteiger partial charge in [0.05, 0.1) is 11.4 Å². The topological polar surface area (TPSA) is 23.6 Å². The Morgan fingerprint density at radius 1 is 1.30 bits per heavy atom. The van der Waals surface area contributed by atoms with E-state index in [1.165, 1.54) is 6.42 Å². The van der Waals surface area contributed by atoms with Gasteiger partial charge in [-0.1, -0.05) is 30.7 Å². The van der Waals surface area contributed by atoms with E-state index in [9.17, 15) is 4.79 Å². The Hall–Kier alpha value is -0.580. The molecule has 0 spiro atoms. The summed E-state index contributed by atoms with van der Waals surface area (Å²) in [7, 11) is 0. The van der Waals surface area contributed by atoms with Crippen molar-refractivity contribution in [2.75, 3.05) is 32.7 Å². The van der Waals surface area contributed by atoms with Crippen molar-refractivity contribution in [3.63, 3.8) is 0 Å². The number of carbonyl (C=O) groups is 1. The van der Waals surface area contributed by atoms with E-state index in [2.05, 4.69) is 27.8 Å². The van der Waals surface area contributed by atoms with Crippen molar-refractivity contribution in [3.05, 3.63) is 33.3 Å². The van der Waals surface area contributed by atoms with Gasteiger partial charge in [-0.2, -0.15) is 0 Å². The Morgan fingerprint density at radius 3 is 2.65 bits per heavy atom. The summed E-state index contributed by atoms with van der Waals surface area (Å²) in [5.74, 6) is 0.184. The van der Waals surface area contributed by atoms with Gasteiger partial charge in [0, 0.05) is 30.7 Å². The number of halogens is 2. The third-order valence-electron chi connectivity index (χ3n) is 3.64. The third kappa shape index (κ3) is 3.96. The molecule has 110 valence electrons. The van der Waals surface area contributed by atoms with Gasteiger partial charge in [0.1, 0.15) is 0 Å². The standard InChI is InChI=1S/C15H20BrClN2O/c1-2-6-18-7-9-19(10-8-18)14(20)11-12-4-3-5-13(17)15(12)16/h3-5H,2,6-11H2,1H3. The highest BCUT2D eigenvalue weighted by Crippen LogP contribution is 2.26. The van der Waals surface area contributed by atoms with Crippen molar-refractivity contribution in [2.24, 2.45) is 0 Å². The van der Waals surface area contributed by atoms with Crippen molar-refractivity contribution < 1.29 is 4.79 Å². The molecule has 0 bridgehead atoms.